The summed E-state index contributed by atoms with van der Waals surface area (Å²) in [5.74, 6) is -4.14. The molecule has 1 aromatic carbocycles. The van der Waals surface area contributed by atoms with E-state index in [1.807, 2.05) is 48.5 Å². The van der Waals surface area contributed by atoms with Crippen molar-refractivity contribution in [1.82, 2.24) is 31.1 Å². The summed E-state index contributed by atoms with van der Waals surface area (Å²) in [4.78, 5) is 96.4. The number of Topliss-reactive ketones (excluding diaryl/α,β-unsaturated/α-hetero) is 1. The number of carbonyl (C=O) groups excluding carboxylic acids is 7. The molecule has 0 radical (unpaired) electrons. The summed E-state index contributed by atoms with van der Waals surface area (Å²) in [6.07, 6.45) is -0.600. The molecule has 15 heteroatoms. The maximum Gasteiger partial charge on any atom is 0.407 e. The van der Waals surface area contributed by atoms with Crippen molar-refractivity contribution >= 4 is 41.4 Å². The van der Waals surface area contributed by atoms with Crippen LogP contribution >= 0.6 is 0 Å². The molecule has 0 saturated carbocycles. The van der Waals surface area contributed by atoms with Crippen LogP contribution in [0.2, 0.25) is 0 Å². The Morgan fingerprint density at radius 2 is 1.47 bits per heavy atom. The molecule has 1 aliphatic heterocycles. The molecule has 1 aromatic rings. The third kappa shape index (κ3) is 15.3. The minimum absolute atomic E-state index is 0.0456. The molecular weight excluding hydrogens is 708 g/mol. The van der Waals surface area contributed by atoms with Gasteiger partial charge in [0.25, 0.3) is 5.91 Å². The average Bonchev–Trinajstić information content (AvgIpc) is 3.50. The number of hydrogen-bond acceptors (Lipinski definition) is 9. The number of carbonyl (C=O) groups is 7. The van der Waals surface area contributed by atoms with Crippen molar-refractivity contribution in [3.8, 4) is 0 Å². The van der Waals surface area contributed by atoms with Gasteiger partial charge in [-0.3, -0.25) is 28.8 Å². The lowest BCUT2D eigenvalue weighted by Gasteiger charge is -2.35. The standard InChI is InChI=1S/C40H64N6O9/c1-24(2)18-19-28(32(48)35(50)41-21-30(47)43-31(36(51)45(11)12)26-16-14-13-15-17-26)42-34(49)29-20-27(55-40(8,9)10)22-46(29)37(52)33(39(5,6)7)44-38(53)54-23-25(3)4/h13-17,24-25,27-29,31,33H,18-23H2,1-12H3,(H,41,50)(H,42,49)(H,43,47)(H,44,53)/t27-,28?,29+,31?,33-/m1/s1. The molecule has 5 atom stereocenters. The van der Waals surface area contributed by atoms with Gasteiger partial charge >= 0.3 is 6.09 Å². The number of nitrogens with zero attached hydrogens (tertiary/aromatic N) is 2. The number of rotatable bonds is 17. The first-order chi connectivity index (χ1) is 25.4. The number of amides is 6. The first kappa shape index (κ1) is 46.6. The minimum Gasteiger partial charge on any atom is -0.449 e. The highest BCUT2D eigenvalue weighted by atomic mass is 16.5. The molecule has 2 unspecified atom stereocenters. The van der Waals surface area contributed by atoms with Crippen LogP contribution in [0.15, 0.2) is 30.3 Å². The Kier molecular flexibility index (Phi) is 17.3. The van der Waals surface area contributed by atoms with Crippen molar-refractivity contribution < 1.29 is 43.0 Å². The van der Waals surface area contributed by atoms with Crippen LogP contribution in [0.4, 0.5) is 4.79 Å². The number of ketones is 1. The zero-order valence-electron chi connectivity index (χ0n) is 34.7. The summed E-state index contributed by atoms with van der Waals surface area (Å²) in [5.41, 5.74) is -0.841. The Labute approximate surface area is 326 Å². The highest BCUT2D eigenvalue weighted by Gasteiger charge is 2.47. The Hall–Kier alpha value is -4.53. The summed E-state index contributed by atoms with van der Waals surface area (Å²) in [6, 6.07) is 4.16. The highest BCUT2D eigenvalue weighted by Crippen LogP contribution is 2.29. The van der Waals surface area contributed by atoms with Gasteiger partial charge in [-0.25, -0.2) is 4.79 Å². The lowest BCUT2D eigenvalue weighted by molar-refractivity contribution is -0.144. The Bertz CT molecular complexity index is 1500. The number of ether oxygens (including phenoxy) is 2. The minimum atomic E-state index is -1.27. The zero-order valence-corrected chi connectivity index (χ0v) is 34.7. The predicted molar refractivity (Wildman–Crippen MR) is 207 cm³/mol. The van der Waals surface area contributed by atoms with Crippen LogP contribution in [-0.2, 0) is 38.2 Å². The molecule has 0 aromatic heterocycles. The summed E-state index contributed by atoms with van der Waals surface area (Å²) in [6.45, 7) is 18.2. The molecule has 15 nitrogen and oxygen atoms in total. The molecule has 2 rings (SSSR count). The normalized spacial score (nSPS) is 17.5. The van der Waals surface area contributed by atoms with Crippen molar-refractivity contribution in [2.45, 2.75) is 124 Å². The number of likely N-dealkylation sites (tertiary alicyclic amines) is 1. The molecule has 0 aliphatic carbocycles. The van der Waals surface area contributed by atoms with Crippen molar-refractivity contribution in [2.24, 2.45) is 17.3 Å². The van der Waals surface area contributed by atoms with E-state index in [4.69, 9.17) is 9.47 Å². The number of alkyl carbamates (subject to hydrolysis) is 1. The van der Waals surface area contributed by atoms with E-state index in [1.165, 1.54) is 9.80 Å². The van der Waals surface area contributed by atoms with E-state index < -0.39 is 83.3 Å². The van der Waals surface area contributed by atoms with Gasteiger partial charge in [-0.2, -0.15) is 0 Å². The lowest BCUT2D eigenvalue weighted by Crippen LogP contribution is -2.59. The summed E-state index contributed by atoms with van der Waals surface area (Å²) in [7, 11) is 3.11. The summed E-state index contributed by atoms with van der Waals surface area (Å²) in [5, 5.41) is 10.4. The third-order valence-electron chi connectivity index (χ3n) is 8.72. The lowest BCUT2D eigenvalue weighted by atomic mass is 9.85. The topological polar surface area (TPSA) is 193 Å². The smallest absolute Gasteiger partial charge is 0.407 e. The van der Waals surface area contributed by atoms with E-state index in [-0.39, 0.29) is 43.7 Å². The van der Waals surface area contributed by atoms with Crippen LogP contribution < -0.4 is 21.3 Å². The molecule has 55 heavy (non-hydrogen) atoms. The van der Waals surface area contributed by atoms with Crippen LogP contribution in [0.1, 0.15) is 100 Å². The van der Waals surface area contributed by atoms with E-state index in [2.05, 4.69) is 21.3 Å². The van der Waals surface area contributed by atoms with Crippen molar-refractivity contribution in [1.29, 1.82) is 0 Å². The zero-order chi connectivity index (χ0) is 41.8. The predicted octanol–water partition coefficient (Wildman–Crippen LogP) is 3.12. The van der Waals surface area contributed by atoms with Gasteiger partial charge in [0.2, 0.25) is 29.4 Å². The van der Waals surface area contributed by atoms with Gasteiger partial charge in [0.1, 0.15) is 18.1 Å². The summed E-state index contributed by atoms with van der Waals surface area (Å²) < 4.78 is 11.5. The van der Waals surface area contributed by atoms with Gasteiger partial charge in [0.05, 0.1) is 30.9 Å². The number of likely N-dealkylation sites (N-methyl/N-ethyl adjacent to an activating group) is 1. The van der Waals surface area contributed by atoms with Crippen LogP contribution in [0, 0.1) is 17.3 Å². The van der Waals surface area contributed by atoms with Crippen LogP contribution in [0.25, 0.3) is 0 Å². The van der Waals surface area contributed by atoms with Crippen LogP contribution in [0.3, 0.4) is 0 Å². The van der Waals surface area contributed by atoms with Crippen molar-refractivity contribution in [2.75, 3.05) is 33.8 Å². The van der Waals surface area contributed by atoms with Gasteiger partial charge in [-0.15, -0.1) is 0 Å². The second-order valence-corrected chi connectivity index (χ2v) is 17.3. The average molecular weight is 773 g/mol. The highest BCUT2D eigenvalue weighted by molar-refractivity contribution is 6.38. The van der Waals surface area contributed by atoms with E-state index in [0.29, 0.717) is 12.0 Å². The maximum atomic E-state index is 14.3. The molecule has 1 fully saturated rings. The van der Waals surface area contributed by atoms with E-state index in [9.17, 15) is 33.6 Å². The van der Waals surface area contributed by atoms with Gasteiger partial charge in [0, 0.05) is 27.1 Å². The van der Waals surface area contributed by atoms with E-state index in [1.54, 1.807) is 65.2 Å². The molecule has 0 spiro atoms. The molecule has 1 saturated heterocycles. The SMILES string of the molecule is CC(C)CCC(NC(=O)[C@@H]1C[C@@H](OC(C)(C)C)CN1C(=O)[C@@H](NC(=O)OCC(C)C)C(C)(C)C)C(=O)C(=O)NCC(=O)NC(C(=O)N(C)C)c1ccccc1. The molecule has 0 bridgehead atoms. The first-order valence-corrected chi connectivity index (χ1v) is 19.0. The fourth-order valence-electron chi connectivity index (χ4n) is 5.94. The second-order valence-electron chi connectivity index (χ2n) is 17.3. The monoisotopic (exact) mass is 772 g/mol. The molecule has 6 amide bonds. The number of benzene rings is 1. The van der Waals surface area contributed by atoms with Gasteiger partial charge < -0.3 is 40.5 Å². The second kappa shape index (κ2) is 20.4. The molecule has 1 aliphatic rings. The number of hydrogen-bond donors (Lipinski definition) is 4. The largest absolute Gasteiger partial charge is 0.449 e. The van der Waals surface area contributed by atoms with Crippen molar-refractivity contribution in [3.63, 3.8) is 0 Å². The molecule has 308 valence electrons. The molecule has 1 heterocycles. The number of nitrogens with one attached hydrogen (secondary N) is 4. The van der Waals surface area contributed by atoms with Gasteiger partial charge in [-0.1, -0.05) is 78.8 Å². The quantitative estimate of drug-likeness (QED) is 0.172. The maximum absolute atomic E-state index is 14.3. The Morgan fingerprint density at radius 3 is 2.00 bits per heavy atom. The van der Waals surface area contributed by atoms with E-state index in [0.717, 1.165) is 0 Å². The van der Waals surface area contributed by atoms with Crippen LogP contribution in [-0.4, -0.2) is 115 Å². The third-order valence-corrected chi connectivity index (χ3v) is 8.72. The Morgan fingerprint density at radius 1 is 0.855 bits per heavy atom. The van der Waals surface area contributed by atoms with Crippen molar-refractivity contribution in [3.05, 3.63) is 35.9 Å². The van der Waals surface area contributed by atoms with Crippen LogP contribution in [0.5, 0.6) is 0 Å². The fraction of sp³-hybridized carbons (Fsp3) is 0.675. The first-order valence-electron chi connectivity index (χ1n) is 19.0. The van der Waals surface area contributed by atoms with E-state index >= 15 is 0 Å². The van der Waals surface area contributed by atoms with Gasteiger partial charge in [0.15, 0.2) is 0 Å². The molecular formula is C40H64N6O9. The summed E-state index contributed by atoms with van der Waals surface area (Å²) >= 11 is 0. The van der Waals surface area contributed by atoms with Gasteiger partial charge in [-0.05, 0) is 56.4 Å². The Balaban J connectivity index is 2.30. The fourth-order valence-corrected chi connectivity index (χ4v) is 5.94. The molecule has 4 N–H and O–H groups in total.